The number of nitrogens with one attached hydrogen (secondary N) is 1. The lowest BCUT2D eigenvalue weighted by Gasteiger charge is -2.30. The van der Waals surface area contributed by atoms with Crippen LogP contribution in [0.5, 0.6) is 0 Å². The fourth-order valence-electron chi connectivity index (χ4n) is 3.68. The van der Waals surface area contributed by atoms with Gasteiger partial charge in [0.2, 0.25) is 0 Å². The summed E-state index contributed by atoms with van der Waals surface area (Å²) in [4.78, 5) is 16.7. The standard InChI is InChI=1S/C18H27N5OS/c1-13(2)23-5-3-14-15(11-23)25-18-16(14)17(20-12-21-18)19-4-6-22-7-9-24-10-8-22/h12-13H,3-11H2,1-2H3,(H,19,20,21). The molecule has 0 aromatic carbocycles. The number of hydrogen-bond acceptors (Lipinski definition) is 7. The van der Waals surface area contributed by atoms with Gasteiger partial charge in [-0.2, -0.15) is 0 Å². The van der Waals surface area contributed by atoms with Gasteiger partial charge in [0.1, 0.15) is 17.0 Å². The minimum Gasteiger partial charge on any atom is -0.379 e. The minimum absolute atomic E-state index is 0.593. The molecule has 0 bridgehead atoms. The van der Waals surface area contributed by atoms with Gasteiger partial charge in [-0.05, 0) is 25.8 Å². The SMILES string of the molecule is CC(C)N1CCc2c(sc3ncnc(NCCN4CCOCC4)c23)C1. The van der Waals surface area contributed by atoms with Crippen LogP contribution < -0.4 is 5.32 Å². The van der Waals surface area contributed by atoms with Crippen molar-refractivity contribution in [2.75, 3.05) is 51.3 Å². The highest BCUT2D eigenvalue weighted by molar-refractivity contribution is 7.18. The Bertz CT molecular complexity index is 726. The summed E-state index contributed by atoms with van der Waals surface area (Å²) < 4.78 is 5.41. The Kier molecular flexibility index (Phi) is 5.17. The third-order valence-electron chi connectivity index (χ3n) is 5.22. The van der Waals surface area contributed by atoms with E-state index in [4.69, 9.17) is 4.74 Å². The fourth-order valence-corrected chi connectivity index (χ4v) is 4.89. The molecule has 2 aliphatic heterocycles. The predicted octanol–water partition coefficient (Wildman–Crippen LogP) is 2.20. The van der Waals surface area contributed by atoms with Gasteiger partial charge < -0.3 is 10.1 Å². The second kappa shape index (κ2) is 7.53. The topological polar surface area (TPSA) is 53.5 Å². The molecular weight excluding hydrogens is 334 g/mol. The highest BCUT2D eigenvalue weighted by atomic mass is 32.1. The molecule has 0 radical (unpaired) electrons. The zero-order valence-electron chi connectivity index (χ0n) is 15.1. The first-order valence-electron chi connectivity index (χ1n) is 9.25. The molecule has 136 valence electrons. The molecule has 2 aromatic heterocycles. The maximum Gasteiger partial charge on any atom is 0.138 e. The van der Waals surface area contributed by atoms with Gasteiger partial charge in [0.25, 0.3) is 0 Å². The second-order valence-electron chi connectivity index (χ2n) is 7.10. The Balaban J connectivity index is 1.50. The zero-order chi connectivity index (χ0) is 17.2. The highest BCUT2D eigenvalue weighted by Crippen LogP contribution is 2.37. The molecule has 0 unspecified atom stereocenters. The van der Waals surface area contributed by atoms with Crippen LogP contribution in [0.2, 0.25) is 0 Å². The molecule has 0 spiro atoms. The maximum absolute atomic E-state index is 5.41. The minimum atomic E-state index is 0.593. The lowest BCUT2D eigenvalue weighted by atomic mass is 10.0. The van der Waals surface area contributed by atoms with Crippen LogP contribution in [0.25, 0.3) is 10.2 Å². The summed E-state index contributed by atoms with van der Waals surface area (Å²) in [6.45, 7) is 12.4. The third kappa shape index (κ3) is 3.65. The summed E-state index contributed by atoms with van der Waals surface area (Å²) >= 11 is 1.84. The van der Waals surface area contributed by atoms with E-state index in [-0.39, 0.29) is 0 Å². The summed E-state index contributed by atoms with van der Waals surface area (Å²) in [5.41, 5.74) is 1.46. The Morgan fingerprint density at radius 3 is 2.88 bits per heavy atom. The number of fused-ring (bicyclic) bond motifs is 3. The molecule has 6 nitrogen and oxygen atoms in total. The van der Waals surface area contributed by atoms with Gasteiger partial charge in [-0.15, -0.1) is 11.3 Å². The van der Waals surface area contributed by atoms with E-state index in [0.29, 0.717) is 6.04 Å². The van der Waals surface area contributed by atoms with Crippen molar-refractivity contribution in [3.63, 3.8) is 0 Å². The molecule has 1 fully saturated rings. The monoisotopic (exact) mass is 361 g/mol. The normalized spacial score (nSPS) is 19.5. The van der Waals surface area contributed by atoms with Crippen molar-refractivity contribution in [2.24, 2.45) is 0 Å². The number of ether oxygens (including phenoxy) is 1. The van der Waals surface area contributed by atoms with Gasteiger partial charge in [0.15, 0.2) is 0 Å². The van der Waals surface area contributed by atoms with Crippen LogP contribution in [0.3, 0.4) is 0 Å². The molecule has 0 amide bonds. The number of hydrogen-bond donors (Lipinski definition) is 1. The van der Waals surface area contributed by atoms with Crippen molar-refractivity contribution in [3.8, 4) is 0 Å². The fraction of sp³-hybridized carbons (Fsp3) is 0.667. The summed E-state index contributed by atoms with van der Waals surface area (Å²) in [6, 6.07) is 0.593. The largest absolute Gasteiger partial charge is 0.379 e. The molecular formula is C18H27N5OS. The molecule has 0 saturated carbocycles. The van der Waals surface area contributed by atoms with Crippen LogP contribution in [0.15, 0.2) is 6.33 Å². The van der Waals surface area contributed by atoms with E-state index in [1.165, 1.54) is 15.8 Å². The number of aromatic nitrogens is 2. The Morgan fingerprint density at radius 2 is 2.08 bits per heavy atom. The van der Waals surface area contributed by atoms with E-state index < -0.39 is 0 Å². The molecule has 4 heterocycles. The van der Waals surface area contributed by atoms with E-state index in [0.717, 1.165) is 69.6 Å². The number of anilines is 1. The first-order valence-corrected chi connectivity index (χ1v) is 10.1. The van der Waals surface area contributed by atoms with Crippen LogP contribution in [-0.2, 0) is 17.7 Å². The number of thiophene rings is 1. The summed E-state index contributed by atoms with van der Waals surface area (Å²) in [7, 11) is 0. The molecule has 4 rings (SSSR count). The van der Waals surface area contributed by atoms with Crippen LogP contribution in [0.4, 0.5) is 5.82 Å². The van der Waals surface area contributed by atoms with E-state index in [1.54, 1.807) is 6.33 Å². The van der Waals surface area contributed by atoms with Gasteiger partial charge in [0.05, 0.1) is 18.6 Å². The van der Waals surface area contributed by atoms with E-state index >= 15 is 0 Å². The summed E-state index contributed by atoms with van der Waals surface area (Å²) in [5.74, 6) is 1.01. The lowest BCUT2D eigenvalue weighted by molar-refractivity contribution is 0.0398. The predicted molar refractivity (Wildman–Crippen MR) is 102 cm³/mol. The van der Waals surface area contributed by atoms with Gasteiger partial charge in [-0.25, -0.2) is 9.97 Å². The highest BCUT2D eigenvalue weighted by Gasteiger charge is 2.24. The van der Waals surface area contributed by atoms with Gasteiger partial charge in [0, 0.05) is 50.2 Å². The van der Waals surface area contributed by atoms with Crippen molar-refractivity contribution in [2.45, 2.75) is 32.9 Å². The zero-order valence-corrected chi connectivity index (χ0v) is 15.9. The van der Waals surface area contributed by atoms with Gasteiger partial charge >= 0.3 is 0 Å². The molecule has 25 heavy (non-hydrogen) atoms. The molecule has 1 N–H and O–H groups in total. The maximum atomic E-state index is 5.41. The number of morpholine rings is 1. The smallest absolute Gasteiger partial charge is 0.138 e. The quantitative estimate of drug-likeness (QED) is 0.881. The Hall–Kier alpha value is -1.28. The van der Waals surface area contributed by atoms with Crippen LogP contribution in [-0.4, -0.2) is 71.7 Å². The molecule has 0 atom stereocenters. The summed E-state index contributed by atoms with van der Waals surface area (Å²) in [6.07, 6.45) is 2.79. The first-order chi connectivity index (χ1) is 12.2. The van der Waals surface area contributed by atoms with Gasteiger partial charge in [-0.1, -0.05) is 0 Å². The van der Waals surface area contributed by atoms with Crippen LogP contribution in [0.1, 0.15) is 24.3 Å². The summed E-state index contributed by atoms with van der Waals surface area (Å²) in [5, 5.41) is 4.82. The lowest BCUT2D eigenvalue weighted by Crippen LogP contribution is -2.39. The van der Waals surface area contributed by atoms with Crippen molar-refractivity contribution in [3.05, 3.63) is 16.8 Å². The number of rotatable bonds is 5. The molecule has 2 aromatic rings. The molecule has 1 saturated heterocycles. The van der Waals surface area contributed by atoms with Crippen molar-refractivity contribution in [1.82, 2.24) is 19.8 Å². The third-order valence-corrected chi connectivity index (χ3v) is 6.35. The average Bonchev–Trinajstić information content (AvgIpc) is 3.01. The second-order valence-corrected chi connectivity index (χ2v) is 8.18. The molecule has 7 heteroatoms. The first kappa shape index (κ1) is 17.1. The Morgan fingerprint density at radius 1 is 1.24 bits per heavy atom. The van der Waals surface area contributed by atoms with E-state index in [1.807, 2.05) is 11.3 Å². The van der Waals surface area contributed by atoms with Crippen LogP contribution in [0, 0.1) is 0 Å². The van der Waals surface area contributed by atoms with Crippen molar-refractivity contribution < 1.29 is 4.74 Å². The van der Waals surface area contributed by atoms with Crippen molar-refractivity contribution >= 4 is 27.4 Å². The number of nitrogens with zero attached hydrogens (tertiary/aromatic N) is 4. The average molecular weight is 362 g/mol. The van der Waals surface area contributed by atoms with Crippen LogP contribution >= 0.6 is 11.3 Å². The Labute approximate surface area is 153 Å². The van der Waals surface area contributed by atoms with Crippen molar-refractivity contribution in [1.29, 1.82) is 0 Å². The van der Waals surface area contributed by atoms with E-state index in [9.17, 15) is 0 Å². The molecule has 2 aliphatic rings. The van der Waals surface area contributed by atoms with E-state index in [2.05, 4.69) is 38.9 Å². The molecule has 0 aliphatic carbocycles. The van der Waals surface area contributed by atoms with Gasteiger partial charge in [-0.3, -0.25) is 9.80 Å².